The van der Waals surface area contributed by atoms with E-state index >= 15 is 0 Å². The minimum Gasteiger partial charge on any atom is -0.490 e. The number of hydrogen-bond acceptors (Lipinski definition) is 2. The molecule has 1 nitrogen and oxygen atoms in total. The van der Waals surface area contributed by atoms with Crippen LogP contribution >= 0.6 is 11.3 Å². The summed E-state index contributed by atoms with van der Waals surface area (Å²) >= 11 is 1.17. The molecular formula is C19H18F2OS. The SMILES string of the molecule is Cc1ccc2c(sc3c(F)c(OCC4CCCC4)ccc32)c1F. The molecule has 0 bridgehead atoms. The van der Waals surface area contributed by atoms with Crippen molar-refractivity contribution in [3.63, 3.8) is 0 Å². The standard InChI is InChI=1S/C19H18F2OS/c1-11-6-7-13-14-8-9-15(22-10-12-4-2-3-5-12)17(21)19(14)23-18(13)16(11)20/h6-9,12H,2-5,10H2,1H3. The highest BCUT2D eigenvalue weighted by atomic mass is 32.1. The van der Waals surface area contributed by atoms with E-state index in [1.807, 2.05) is 12.1 Å². The van der Waals surface area contributed by atoms with Gasteiger partial charge in [-0.25, -0.2) is 8.78 Å². The minimum absolute atomic E-state index is 0.253. The molecule has 3 aromatic rings. The van der Waals surface area contributed by atoms with Gasteiger partial charge < -0.3 is 4.74 Å². The van der Waals surface area contributed by atoms with Crippen LogP contribution in [0.5, 0.6) is 5.75 Å². The molecule has 0 unspecified atom stereocenters. The van der Waals surface area contributed by atoms with Crippen LogP contribution in [0.25, 0.3) is 20.2 Å². The van der Waals surface area contributed by atoms with E-state index in [0.717, 1.165) is 23.6 Å². The number of hydrogen-bond donors (Lipinski definition) is 0. The lowest BCUT2D eigenvalue weighted by atomic mass is 10.1. The highest BCUT2D eigenvalue weighted by molar-refractivity contribution is 7.25. The zero-order valence-electron chi connectivity index (χ0n) is 13.0. The summed E-state index contributed by atoms with van der Waals surface area (Å²) in [6.45, 7) is 2.30. The molecule has 0 N–H and O–H groups in total. The van der Waals surface area contributed by atoms with Crippen molar-refractivity contribution in [2.24, 2.45) is 5.92 Å². The van der Waals surface area contributed by atoms with E-state index in [0.29, 0.717) is 27.5 Å². The largest absolute Gasteiger partial charge is 0.490 e. The Balaban J connectivity index is 1.75. The molecule has 2 aromatic carbocycles. The molecule has 4 rings (SSSR count). The molecule has 1 aliphatic carbocycles. The molecule has 0 aliphatic heterocycles. The third-order valence-electron chi connectivity index (χ3n) is 4.80. The molecule has 0 saturated heterocycles. The Kier molecular flexibility index (Phi) is 3.72. The molecule has 0 amide bonds. The zero-order valence-corrected chi connectivity index (χ0v) is 13.8. The summed E-state index contributed by atoms with van der Waals surface area (Å²) in [6.07, 6.45) is 4.81. The average molecular weight is 332 g/mol. The van der Waals surface area contributed by atoms with E-state index in [1.165, 1.54) is 24.2 Å². The normalized spacial score (nSPS) is 15.8. The topological polar surface area (TPSA) is 9.23 Å². The van der Waals surface area contributed by atoms with Crippen LogP contribution in [-0.2, 0) is 0 Å². The molecule has 1 aliphatic rings. The van der Waals surface area contributed by atoms with Gasteiger partial charge >= 0.3 is 0 Å². The van der Waals surface area contributed by atoms with Crippen molar-refractivity contribution in [3.05, 3.63) is 41.5 Å². The van der Waals surface area contributed by atoms with Gasteiger partial charge in [-0.15, -0.1) is 11.3 Å². The summed E-state index contributed by atoms with van der Waals surface area (Å²) in [4.78, 5) is 0. The quantitative estimate of drug-likeness (QED) is 0.554. The maximum absolute atomic E-state index is 14.8. The number of fused-ring (bicyclic) bond motifs is 3. The van der Waals surface area contributed by atoms with E-state index < -0.39 is 0 Å². The van der Waals surface area contributed by atoms with Crippen LogP contribution in [0.2, 0.25) is 0 Å². The molecule has 120 valence electrons. The van der Waals surface area contributed by atoms with Crippen molar-refractivity contribution in [2.45, 2.75) is 32.6 Å². The molecule has 1 saturated carbocycles. The lowest BCUT2D eigenvalue weighted by Gasteiger charge is -2.12. The number of aryl methyl sites for hydroxylation is 1. The van der Waals surface area contributed by atoms with Crippen LogP contribution in [-0.4, -0.2) is 6.61 Å². The first-order valence-electron chi connectivity index (χ1n) is 8.08. The number of thiophene rings is 1. The minimum atomic E-state index is -0.362. The Hall–Kier alpha value is -1.68. The lowest BCUT2D eigenvalue weighted by Crippen LogP contribution is -2.08. The Morgan fingerprint density at radius 2 is 1.65 bits per heavy atom. The molecule has 1 heterocycles. The molecule has 0 radical (unpaired) electrons. The molecule has 1 aromatic heterocycles. The first kappa shape index (κ1) is 14.9. The van der Waals surface area contributed by atoms with Crippen molar-refractivity contribution >= 4 is 31.5 Å². The van der Waals surface area contributed by atoms with Crippen LogP contribution in [0.15, 0.2) is 24.3 Å². The second kappa shape index (κ2) is 5.75. The van der Waals surface area contributed by atoms with Crippen LogP contribution < -0.4 is 4.74 Å². The summed E-state index contributed by atoms with van der Waals surface area (Å²) in [5.74, 6) is 0.205. The number of ether oxygens (including phenoxy) is 1. The summed E-state index contributed by atoms with van der Waals surface area (Å²) in [7, 11) is 0. The Morgan fingerprint density at radius 3 is 2.39 bits per heavy atom. The summed E-state index contributed by atoms with van der Waals surface area (Å²) in [5.41, 5.74) is 0.585. The van der Waals surface area contributed by atoms with E-state index in [1.54, 1.807) is 19.1 Å². The van der Waals surface area contributed by atoms with Gasteiger partial charge in [0.1, 0.15) is 5.82 Å². The fraction of sp³-hybridized carbons (Fsp3) is 0.368. The van der Waals surface area contributed by atoms with Gasteiger partial charge in [-0.3, -0.25) is 0 Å². The molecule has 0 spiro atoms. The molecule has 1 fully saturated rings. The lowest BCUT2D eigenvalue weighted by molar-refractivity contribution is 0.243. The zero-order chi connectivity index (χ0) is 16.0. The van der Waals surface area contributed by atoms with Crippen molar-refractivity contribution in [1.29, 1.82) is 0 Å². The molecule has 4 heteroatoms. The Bertz CT molecular complexity index is 878. The maximum atomic E-state index is 14.8. The highest BCUT2D eigenvalue weighted by Crippen LogP contribution is 2.40. The van der Waals surface area contributed by atoms with Crippen molar-refractivity contribution in [1.82, 2.24) is 0 Å². The van der Waals surface area contributed by atoms with Gasteiger partial charge in [0.15, 0.2) is 11.6 Å². The van der Waals surface area contributed by atoms with Gasteiger partial charge in [-0.05, 0) is 43.4 Å². The predicted octanol–water partition coefficient (Wildman–Crippen LogP) is 6.21. The third-order valence-corrected chi connectivity index (χ3v) is 6.00. The van der Waals surface area contributed by atoms with Gasteiger partial charge in [0.25, 0.3) is 0 Å². The highest BCUT2D eigenvalue weighted by Gasteiger charge is 2.19. The molecular weight excluding hydrogens is 314 g/mol. The van der Waals surface area contributed by atoms with E-state index in [9.17, 15) is 8.78 Å². The van der Waals surface area contributed by atoms with E-state index in [2.05, 4.69) is 0 Å². The molecule has 23 heavy (non-hydrogen) atoms. The fourth-order valence-corrected chi connectivity index (χ4v) is 4.64. The second-order valence-corrected chi connectivity index (χ2v) is 7.41. The monoisotopic (exact) mass is 332 g/mol. The van der Waals surface area contributed by atoms with Crippen molar-refractivity contribution in [2.75, 3.05) is 6.61 Å². The van der Waals surface area contributed by atoms with Crippen molar-refractivity contribution < 1.29 is 13.5 Å². The van der Waals surface area contributed by atoms with Crippen molar-refractivity contribution in [3.8, 4) is 5.75 Å². The van der Waals surface area contributed by atoms with Gasteiger partial charge in [0.2, 0.25) is 0 Å². The van der Waals surface area contributed by atoms with Gasteiger partial charge in [0, 0.05) is 10.8 Å². The van der Waals surface area contributed by atoms with Crippen LogP contribution in [0.3, 0.4) is 0 Å². The van der Waals surface area contributed by atoms with Gasteiger partial charge in [-0.2, -0.15) is 0 Å². The Morgan fingerprint density at radius 1 is 1.00 bits per heavy atom. The van der Waals surface area contributed by atoms with Crippen LogP contribution in [0.1, 0.15) is 31.2 Å². The van der Waals surface area contributed by atoms with E-state index in [-0.39, 0.29) is 17.4 Å². The third kappa shape index (κ3) is 2.49. The van der Waals surface area contributed by atoms with Crippen LogP contribution in [0, 0.1) is 24.5 Å². The summed E-state index contributed by atoms with van der Waals surface area (Å²) in [5, 5.41) is 1.53. The smallest absolute Gasteiger partial charge is 0.182 e. The number of rotatable bonds is 3. The maximum Gasteiger partial charge on any atom is 0.182 e. The number of benzene rings is 2. The molecule has 0 atom stereocenters. The summed E-state index contributed by atoms with van der Waals surface area (Å²) < 4.78 is 35.8. The van der Waals surface area contributed by atoms with Gasteiger partial charge in [0.05, 0.1) is 16.0 Å². The second-order valence-electron chi connectivity index (χ2n) is 6.39. The fourth-order valence-electron chi connectivity index (χ4n) is 3.41. The Labute approximate surface area is 137 Å². The van der Waals surface area contributed by atoms with Gasteiger partial charge in [-0.1, -0.05) is 25.0 Å². The van der Waals surface area contributed by atoms with E-state index in [4.69, 9.17) is 4.74 Å². The predicted molar refractivity (Wildman–Crippen MR) is 91.4 cm³/mol. The first-order valence-corrected chi connectivity index (χ1v) is 8.89. The summed E-state index contributed by atoms with van der Waals surface area (Å²) in [6, 6.07) is 7.13. The first-order chi connectivity index (χ1) is 11.1. The average Bonchev–Trinajstić information content (AvgIpc) is 3.18. The number of halogens is 2. The van der Waals surface area contributed by atoms with Crippen LogP contribution in [0.4, 0.5) is 8.78 Å².